The summed E-state index contributed by atoms with van der Waals surface area (Å²) in [5, 5.41) is 5.34. The van der Waals surface area contributed by atoms with Crippen LogP contribution in [0, 0.1) is 0 Å². The average Bonchev–Trinajstić information content (AvgIpc) is 2.82. The minimum absolute atomic E-state index is 0.0103. The normalized spacial score (nSPS) is 14.9. The van der Waals surface area contributed by atoms with Crippen molar-refractivity contribution in [2.75, 3.05) is 48.7 Å². The predicted octanol–water partition coefficient (Wildman–Crippen LogP) is 1.25. The van der Waals surface area contributed by atoms with Crippen LogP contribution >= 0.6 is 0 Å². The molecule has 3 rings (SSSR count). The number of hydrogen-bond acceptors (Lipinski definition) is 7. The first-order valence-corrected chi connectivity index (χ1v) is 14.5. The van der Waals surface area contributed by atoms with Crippen LogP contribution in [0.3, 0.4) is 0 Å². The number of ether oxygens (including phenoxy) is 1. The minimum atomic E-state index is -3.90. The summed E-state index contributed by atoms with van der Waals surface area (Å²) < 4.78 is 58.0. The molecule has 13 heteroatoms. The van der Waals surface area contributed by atoms with Gasteiger partial charge in [-0.3, -0.25) is 13.9 Å². The molecule has 2 aromatic rings. The average molecular weight is 539 g/mol. The molecule has 1 aliphatic heterocycles. The van der Waals surface area contributed by atoms with Crippen molar-refractivity contribution in [3.63, 3.8) is 0 Å². The van der Waals surface area contributed by atoms with E-state index in [2.05, 4.69) is 10.6 Å². The SMILES string of the molecule is CC(C)NC(=O)c1ccccc1NC(=O)CN(c1ccc(S(=O)(=O)N2CCOCC2)cc1)S(C)(=O)=O. The number of nitrogens with zero attached hydrogens (tertiary/aromatic N) is 2. The maximum absolute atomic E-state index is 12.8. The lowest BCUT2D eigenvalue weighted by Crippen LogP contribution is -2.40. The van der Waals surface area contributed by atoms with Crippen molar-refractivity contribution in [3.8, 4) is 0 Å². The van der Waals surface area contributed by atoms with Crippen molar-refractivity contribution in [2.24, 2.45) is 0 Å². The minimum Gasteiger partial charge on any atom is -0.379 e. The Hall–Kier alpha value is -3.00. The van der Waals surface area contributed by atoms with Crippen LogP contribution < -0.4 is 14.9 Å². The van der Waals surface area contributed by atoms with Gasteiger partial charge in [0.15, 0.2) is 0 Å². The van der Waals surface area contributed by atoms with Crippen LogP contribution in [-0.2, 0) is 29.6 Å². The third-order valence-corrected chi connectivity index (χ3v) is 8.34. The van der Waals surface area contributed by atoms with Gasteiger partial charge in [0.2, 0.25) is 26.0 Å². The number of anilines is 2. The zero-order valence-electron chi connectivity index (χ0n) is 20.3. The van der Waals surface area contributed by atoms with Crippen molar-refractivity contribution < 1.29 is 31.2 Å². The van der Waals surface area contributed by atoms with Crippen molar-refractivity contribution >= 4 is 43.2 Å². The monoisotopic (exact) mass is 538 g/mol. The molecule has 0 unspecified atom stereocenters. The summed E-state index contributed by atoms with van der Waals surface area (Å²) in [4.78, 5) is 25.3. The lowest BCUT2D eigenvalue weighted by molar-refractivity contribution is -0.114. The van der Waals surface area contributed by atoms with E-state index in [-0.39, 0.29) is 46.9 Å². The van der Waals surface area contributed by atoms with E-state index in [0.29, 0.717) is 13.2 Å². The van der Waals surface area contributed by atoms with Crippen LogP contribution in [-0.4, -0.2) is 78.1 Å². The van der Waals surface area contributed by atoms with Gasteiger partial charge in [-0.2, -0.15) is 4.31 Å². The largest absolute Gasteiger partial charge is 0.379 e. The molecule has 1 aliphatic rings. The second kappa shape index (κ2) is 11.4. The molecule has 0 radical (unpaired) electrons. The van der Waals surface area contributed by atoms with Crippen LogP contribution in [0.5, 0.6) is 0 Å². The number of carbonyl (C=O) groups is 2. The number of morpholine rings is 1. The fourth-order valence-electron chi connectivity index (χ4n) is 3.57. The van der Waals surface area contributed by atoms with E-state index in [0.717, 1.165) is 10.6 Å². The topological polar surface area (TPSA) is 142 Å². The maximum Gasteiger partial charge on any atom is 0.253 e. The molecule has 196 valence electrons. The van der Waals surface area contributed by atoms with Crippen molar-refractivity contribution in [2.45, 2.75) is 24.8 Å². The van der Waals surface area contributed by atoms with Gasteiger partial charge in [0.05, 0.1) is 41.3 Å². The number of amides is 2. The number of para-hydroxylation sites is 1. The third kappa shape index (κ3) is 6.81. The van der Waals surface area contributed by atoms with Crippen LogP contribution in [0.2, 0.25) is 0 Å². The van der Waals surface area contributed by atoms with Crippen molar-refractivity contribution in [1.29, 1.82) is 0 Å². The summed E-state index contributed by atoms with van der Waals surface area (Å²) >= 11 is 0. The Labute approximate surface area is 211 Å². The number of carbonyl (C=O) groups excluding carboxylic acids is 2. The first kappa shape index (κ1) is 27.6. The molecule has 1 saturated heterocycles. The Kier molecular flexibility index (Phi) is 8.71. The highest BCUT2D eigenvalue weighted by atomic mass is 32.2. The zero-order chi connectivity index (χ0) is 26.5. The highest BCUT2D eigenvalue weighted by Gasteiger charge is 2.27. The van der Waals surface area contributed by atoms with Gasteiger partial charge >= 0.3 is 0 Å². The molecule has 2 aromatic carbocycles. The molecule has 2 N–H and O–H groups in total. The van der Waals surface area contributed by atoms with E-state index in [1.165, 1.54) is 28.6 Å². The van der Waals surface area contributed by atoms with Crippen molar-refractivity contribution in [3.05, 3.63) is 54.1 Å². The van der Waals surface area contributed by atoms with Gasteiger partial charge in [-0.15, -0.1) is 0 Å². The van der Waals surface area contributed by atoms with E-state index in [1.807, 2.05) is 0 Å². The number of benzene rings is 2. The molecular formula is C23H30N4O7S2. The highest BCUT2D eigenvalue weighted by molar-refractivity contribution is 7.92. The Morgan fingerprint density at radius 2 is 1.61 bits per heavy atom. The molecule has 1 fully saturated rings. The summed E-state index contributed by atoms with van der Waals surface area (Å²) in [7, 11) is -7.66. The van der Waals surface area contributed by atoms with Gasteiger partial charge in [0.1, 0.15) is 6.54 Å². The lowest BCUT2D eigenvalue weighted by Gasteiger charge is -2.26. The Balaban J connectivity index is 1.79. The van der Waals surface area contributed by atoms with Crippen LogP contribution in [0.1, 0.15) is 24.2 Å². The quantitative estimate of drug-likeness (QED) is 0.489. The molecule has 2 amide bonds. The molecule has 0 aromatic heterocycles. The van der Waals surface area contributed by atoms with Gasteiger partial charge in [-0.05, 0) is 50.2 Å². The van der Waals surface area contributed by atoms with Gasteiger partial charge in [-0.1, -0.05) is 12.1 Å². The van der Waals surface area contributed by atoms with Crippen LogP contribution in [0.15, 0.2) is 53.4 Å². The molecular weight excluding hydrogens is 508 g/mol. The number of hydrogen-bond donors (Lipinski definition) is 2. The number of nitrogens with one attached hydrogen (secondary N) is 2. The van der Waals surface area contributed by atoms with Gasteiger partial charge in [0.25, 0.3) is 5.91 Å². The first-order valence-electron chi connectivity index (χ1n) is 11.2. The fourth-order valence-corrected chi connectivity index (χ4v) is 5.84. The smallest absolute Gasteiger partial charge is 0.253 e. The first-order chi connectivity index (χ1) is 16.9. The Bertz CT molecular complexity index is 1300. The van der Waals surface area contributed by atoms with E-state index >= 15 is 0 Å². The Morgan fingerprint density at radius 3 is 2.19 bits per heavy atom. The van der Waals surface area contributed by atoms with Crippen LogP contribution in [0.25, 0.3) is 0 Å². The van der Waals surface area contributed by atoms with E-state index in [1.54, 1.807) is 38.1 Å². The maximum atomic E-state index is 12.8. The molecule has 0 aliphatic carbocycles. The molecule has 0 spiro atoms. The van der Waals surface area contributed by atoms with E-state index in [9.17, 15) is 26.4 Å². The third-order valence-electron chi connectivity index (χ3n) is 5.29. The molecule has 1 heterocycles. The van der Waals surface area contributed by atoms with Gasteiger partial charge in [0, 0.05) is 19.1 Å². The fraction of sp³-hybridized carbons (Fsp3) is 0.391. The van der Waals surface area contributed by atoms with E-state index < -0.39 is 32.5 Å². The summed E-state index contributed by atoms with van der Waals surface area (Å²) in [5.41, 5.74) is 0.601. The second-order valence-corrected chi connectivity index (χ2v) is 12.3. The number of rotatable bonds is 9. The standard InChI is InChI=1S/C23H30N4O7S2/c1-17(2)24-23(29)20-6-4-5-7-21(20)25-22(28)16-27(35(3,30)31)18-8-10-19(11-9-18)36(32,33)26-12-14-34-15-13-26/h4-11,17H,12-16H2,1-3H3,(H,24,29)(H,25,28). The summed E-state index contributed by atoms with van der Waals surface area (Å²) in [6.45, 7) is 4.11. The van der Waals surface area contributed by atoms with Crippen LogP contribution in [0.4, 0.5) is 11.4 Å². The number of sulfonamides is 2. The molecule has 0 atom stereocenters. The molecule has 36 heavy (non-hydrogen) atoms. The zero-order valence-corrected chi connectivity index (χ0v) is 21.9. The highest BCUT2D eigenvalue weighted by Crippen LogP contribution is 2.23. The Morgan fingerprint density at radius 1 is 1.00 bits per heavy atom. The van der Waals surface area contributed by atoms with Crippen molar-refractivity contribution in [1.82, 2.24) is 9.62 Å². The summed E-state index contributed by atoms with van der Waals surface area (Å²) in [6.07, 6.45) is 0.947. The lowest BCUT2D eigenvalue weighted by atomic mass is 10.1. The van der Waals surface area contributed by atoms with E-state index in [4.69, 9.17) is 4.74 Å². The second-order valence-electron chi connectivity index (χ2n) is 8.50. The van der Waals surface area contributed by atoms with Gasteiger partial charge in [-0.25, -0.2) is 16.8 Å². The summed E-state index contributed by atoms with van der Waals surface area (Å²) in [6, 6.07) is 11.6. The summed E-state index contributed by atoms with van der Waals surface area (Å²) in [5.74, 6) is -1.05. The van der Waals surface area contributed by atoms with Gasteiger partial charge < -0.3 is 15.4 Å². The molecule has 0 saturated carbocycles. The molecule has 11 nitrogen and oxygen atoms in total. The predicted molar refractivity (Wildman–Crippen MR) is 136 cm³/mol. The molecule has 0 bridgehead atoms.